The normalized spacial score (nSPS) is 27.0. The molecule has 3 unspecified atom stereocenters. The third-order valence-corrected chi connectivity index (χ3v) is 5.96. The molecule has 8 heteroatoms. The van der Waals surface area contributed by atoms with Crippen molar-refractivity contribution in [2.24, 2.45) is 11.7 Å². The molecule has 1 aliphatic carbocycles. The van der Waals surface area contributed by atoms with Gasteiger partial charge in [0.2, 0.25) is 0 Å². The van der Waals surface area contributed by atoms with E-state index in [0.717, 1.165) is 11.2 Å². The summed E-state index contributed by atoms with van der Waals surface area (Å²) in [5, 5.41) is 13.7. The molecule has 23 heavy (non-hydrogen) atoms. The van der Waals surface area contributed by atoms with Gasteiger partial charge in [0.1, 0.15) is 12.7 Å². The van der Waals surface area contributed by atoms with Crippen molar-refractivity contribution in [3.63, 3.8) is 0 Å². The first kappa shape index (κ1) is 14.4. The summed E-state index contributed by atoms with van der Waals surface area (Å²) in [6.07, 6.45) is 5.37. The van der Waals surface area contributed by atoms with E-state index in [9.17, 15) is 14.7 Å². The van der Waals surface area contributed by atoms with Gasteiger partial charge in [0.25, 0.3) is 0 Å². The van der Waals surface area contributed by atoms with E-state index in [0.29, 0.717) is 12.3 Å². The molecule has 1 fully saturated rings. The molecule has 4 rings (SSSR count). The smallest absolute Gasteiger partial charge is 0.332 e. The van der Waals surface area contributed by atoms with E-state index in [4.69, 9.17) is 5.73 Å². The van der Waals surface area contributed by atoms with Crippen molar-refractivity contribution in [3.05, 3.63) is 41.9 Å². The molecular formula is C15H15N4O3S+. The monoisotopic (exact) mass is 331 g/mol. The van der Waals surface area contributed by atoms with Crippen LogP contribution < -0.4 is 10.3 Å². The Morgan fingerprint density at radius 1 is 1.57 bits per heavy atom. The lowest BCUT2D eigenvalue weighted by Gasteiger charge is -2.44. The first-order chi connectivity index (χ1) is 11.1. The van der Waals surface area contributed by atoms with Crippen LogP contribution in [0.1, 0.15) is 0 Å². The Bertz CT molecular complexity index is 859. The van der Waals surface area contributed by atoms with Gasteiger partial charge in [-0.05, 0) is 11.6 Å². The largest absolute Gasteiger partial charge is 0.478 e. The van der Waals surface area contributed by atoms with Gasteiger partial charge in [-0.3, -0.25) is 4.79 Å². The van der Waals surface area contributed by atoms with Crippen molar-refractivity contribution in [1.29, 1.82) is 0 Å². The highest BCUT2D eigenvalue weighted by molar-refractivity contribution is 8.00. The minimum atomic E-state index is -1.02. The van der Waals surface area contributed by atoms with Gasteiger partial charge in [-0.15, -0.1) is 4.52 Å². The molecule has 0 spiro atoms. The van der Waals surface area contributed by atoms with E-state index >= 15 is 0 Å². The van der Waals surface area contributed by atoms with Crippen LogP contribution in [0.3, 0.4) is 0 Å². The van der Waals surface area contributed by atoms with Crippen LogP contribution in [-0.4, -0.2) is 43.5 Å². The number of aromatic nitrogens is 3. The number of fused-ring (bicyclic) bond motifs is 2. The van der Waals surface area contributed by atoms with Gasteiger partial charge in [-0.1, -0.05) is 5.10 Å². The molecule has 3 N–H and O–H groups in total. The summed E-state index contributed by atoms with van der Waals surface area (Å²) < 4.78 is 3.67. The van der Waals surface area contributed by atoms with Gasteiger partial charge < -0.3 is 10.8 Å². The summed E-state index contributed by atoms with van der Waals surface area (Å²) >= 11 is 1.58. The minimum Gasteiger partial charge on any atom is -0.478 e. The van der Waals surface area contributed by atoms with Gasteiger partial charge in [0.05, 0.1) is 23.7 Å². The molecular weight excluding hydrogens is 316 g/mol. The number of carbonyl (C=O) groups is 2. The Morgan fingerprint density at radius 2 is 2.39 bits per heavy atom. The lowest BCUT2D eigenvalue weighted by Crippen LogP contribution is -2.62. The molecule has 2 aromatic heterocycles. The molecule has 0 radical (unpaired) electrons. The number of ketones is 1. The maximum Gasteiger partial charge on any atom is 0.332 e. The molecule has 0 bridgehead atoms. The lowest BCUT2D eigenvalue weighted by molar-refractivity contribution is -0.662. The summed E-state index contributed by atoms with van der Waals surface area (Å²) in [6, 6.07) is 3.21. The van der Waals surface area contributed by atoms with Crippen molar-refractivity contribution in [3.8, 4) is 0 Å². The number of nitrogens with zero attached hydrogens (tertiary/aromatic N) is 3. The summed E-state index contributed by atoms with van der Waals surface area (Å²) in [5.41, 5.74) is 7.66. The number of nitrogens with two attached hydrogens (primary N) is 1. The van der Waals surface area contributed by atoms with Gasteiger partial charge >= 0.3 is 11.6 Å². The van der Waals surface area contributed by atoms with Crippen molar-refractivity contribution >= 4 is 29.2 Å². The third-order valence-electron chi connectivity index (χ3n) is 4.49. The van der Waals surface area contributed by atoms with Gasteiger partial charge in [-0.25, -0.2) is 9.36 Å². The summed E-state index contributed by atoms with van der Waals surface area (Å²) in [4.78, 5) is 23.7. The van der Waals surface area contributed by atoms with Gasteiger partial charge in [0, 0.05) is 17.1 Å². The number of rotatable bonds is 3. The Labute approximate surface area is 135 Å². The number of hydrogen-bond donors (Lipinski definition) is 2. The molecule has 0 aromatic carbocycles. The molecule has 1 saturated carbocycles. The highest BCUT2D eigenvalue weighted by atomic mass is 32.2. The molecule has 0 saturated heterocycles. The van der Waals surface area contributed by atoms with E-state index in [1.54, 1.807) is 22.5 Å². The van der Waals surface area contributed by atoms with Crippen LogP contribution in [0.25, 0.3) is 5.65 Å². The van der Waals surface area contributed by atoms with Crippen LogP contribution in [0, 0.1) is 5.92 Å². The average molecular weight is 331 g/mol. The Hall–Kier alpha value is -2.19. The van der Waals surface area contributed by atoms with Crippen LogP contribution in [0.5, 0.6) is 0 Å². The van der Waals surface area contributed by atoms with Gasteiger partial charge in [-0.2, -0.15) is 11.8 Å². The summed E-state index contributed by atoms with van der Waals surface area (Å²) in [5.74, 6) is -1.17. The highest BCUT2D eigenvalue weighted by Gasteiger charge is 2.54. The number of carbonyl (C=O) groups excluding carboxylic acids is 1. The highest BCUT2D eigenvalue weighted by Crippen LogP contribution is 2.44. The number of thioether (sulfide) groups is 1. The van der Waals surface area contributed by atoms with Crippen LogP contribution in [-0.2, 0) is 16.1 Å². The van der Waals surface area contributed by atoms with Crippen LogP contribution in [0.4, 0.5) is 0 Å². The summed E-state index contributed by atoms with van der Waals surface area (Å²) in [6.45, 7) is 0.433. The fourth-order valence-electron chi connectivity index (χ4n) is 3.31. The second kappa shape index (κ2) is 5.17. The topological polar surface area (TPSA) is 102 Å². The molecule has 2 aliphatic rings. The predicted octanol–water partition coefficient (Wildman–Crippen LogP) is -0.355. The first-order valence-corrected chi connectivity index (χ1v) is 8.30. The van der Waals surface area contributed by atoms with E-state index in [1.807, 2.05) is 29.1 Å². The second-order valence-electron chi connectivity index (χ2n) is 5.76. The molecule has 3 atom stereocenters. The van der Waals surface area contributed by atoms with Gasteiger partial charge in [0.15, 0.2) is 12.0 Å². The molecule has 7 nitrogen and oxygen atoms in total. The zero-order chi connectivity index (χ0) is 16.1. The van der Waals surface area contributed by atoms with E-state index in [2.05, 4.69) is 5.10 Å². The van der Waals surface area contributed by atoms with Crippen LogP contribution in [0.15, 0.2) is 41.9 Å². The van der Waals surface area contributed by atoms with Crippen LogP contribution >= 0.6 is 11.8 Å². The number of aliphatic carboxylic acids is 1. The number of Topliss-reactive ketones (excluding diaryl/α,β-unsaturated/α-hetero) is 1. The number of carboxylic acid groups (broad SMARTS) is 1. The van der Waals surface area contributed by atoms with Crippen molar-refractivity contribution in [1.82, 2.24) is 9.61 Å². The molecule has 0 amide bonds. The SMILES string of the molecule is NC1C(=O)C2C(C(=O)O)=C(C[n+]3ccn4ncccc43)CSC12. The number of carboxylic acids is 1. The van der Waals surface area contributed by atoms with Crippen molar-refractivity contribution in [2.75, 3.05) is 5.75 Å². The molecule has 1 aliphatic heterocycles. The Kier molecular flexibility index (Phi) is 3.24. The van der Waals surface area contributed by atoms with Crippen LogP contribution in [0.2, 0.25) is 0 Å². The second-order valence-corrected chi connectivity index (χ2v) is 6.92. The summed E-state index contributed by atoms with van der Waals surface area (Å²) in [7, 11) is 0. The van der Waals surface area contributed by atoms with Crippen molar-refractivity contribution < 1.29 is 19.3 Å². The Balaban J connectivity index is 1.74. The van der Waals surface area contributed by atoms with E-state index in [1.165, 1.54) is 0 Å². The average Bonchev–Trinajstić information content (AvgIpc) is 2.96. The molecule has 3 heterocycles. The lowest BCUT2D eigenvalue weighted by atomic mass is 9.72. The zero-order valence-corrected chi connectivity index (χ0v) is 12.9. The number of hydrogen-bond acceptors (Lipinski definition) is 5. The fraction of sp³-hybridized carbons (Fsp3) is 0.333. The Morgan fingerprint density at radius 3 is 3.17 bits per heavy atom. The molecule has 118 valence electrons. The maximum absolute atomic E-state index is 12.0. The van der Waals surface area contributed by atoms with E-state index < -0.39 is 17.9 Å². The molecule has 2 aromatic rings. The standard InChI is InChI=1S/C15H14N4O3S/c16-12-13(20)11-10(15(21)22)8(7-23-14(11)12)6-18-4-5-19-9(18)2-1-3-17-19/h1-5,11-12,14H,6-7,16H2/p+1. The first-order valence-electron chi connectivity index (χ1n) is 7.26. The fourth-order valence-corrected chi connectivity index (χ4v) is 4.76. The minimum absolute atomic E-state index is 0.102. The predicted molar refractivity (Wildman–Crippen MR) is 82.8 cm³/mol. The zero-order valence-electron chi connectivity index (χ0n) is 12.1. The van der Waals surface area contributed by atoms with E-state index in [-0.39, 0.29) is 16.6 Å². The quantitative estimate of drug-likeness (QED) is 0.745. The number of imidazole rings is 1. The third kappa shape index (κ3) is 2.09. The van der Waals surface area contributed by atoms with Crippen molar-refractivity contribution in [2.45, 2.75) is 17.8 Å². The maximum atomic E-state index is 12.0.